The maximum Gasteiger partial charge on any atom is 0.269 e. The Morgan fingerprint density at radius 2 is 1.54 bits per heavy atom. The highest BCUT2D eigenvalue weighted by molar-refractivity contribution is 5.39. The molecule has 1 saturated heterocycles. The van der Waals surface area contributed by atoms with Crippen LogP contribution in [-0.4, -0.2) is 54.5 Å². The minimum Gasteiger partial charge on any atom is -0.457 e. The number of benzene rings is 2. The molecule has 0 saturated carbocycles. The van der Waals surface area contributed by atoms with Gasteiger partial charge in [-0.15, -0.1) is 0 Å². The van der Waals surface area contributed by atoms with Crippen LogP contribution in [0.3, 0.4) is 0 Å². The van der Waals surface area contributed by atoms with E-state index in [1.807, 2.05) is 12.1 Å². The molecule has 1 aliphatic heterocycles. The predicted octanol–water partition coefficient (Wildman–Crippen LogP) is 3.57. The largest absolute Gasteiger partial charge is 0.457 e. The number of non-ortho nitro benzene ring substituents is 1. The number of hydrogen-bond donors (Lipinski definition) is 0. The van der Waals surface area contributed by atoms with E-state index < -0.39 is 4.92 Å². The summed E-state index contributed by atoms with van der Waals surface area (Å²) in [5.74, 6) is 1.33. The van der Waals surface area contributed by atoms with Gasteiger partial charge in [-0.3, -0.25) is 10.1 Å². The molecular weight excluding hydrogens is 330 g/mol. The Bertz CT molecular complexity index is 708. The Morgan fingerprint density at radius 3 is 2.12 bits per heavy atom. The Labute approximate surface area is 154 Å². The van der Waals surface area contributed by atoms with Crippen molar-refractivity contribution in [3.63, 3.8) is 0 Å². The molecule has 1 fully saturated rings. The van der Waals surface area contributed by atoms with E-state index in [2.05, 4.69) is 29.0 Å². The number of aryl methyl sites for hydroxylation is 1. The molecule has 0 N–H and O–H groups in total. The van der Waals surface area contributed by atoms with Crippen LogP contribution in [0.4, 0.5) is 5.69 Å². The van der Waals surface area contributed by atoms with Crippen LogP contribution in [0.1, 0.15) is 12.0 Å². The Kier molecular flexibility index (Phi) is 6.20. The first kappa shape index (κ1) is 18.4. The van der Waals surface area contributed by atoms with Crippen LogP contribution in [0.25, 0.3) is 0 Å². The SMILES string of the molecule is CN1CCN(CCCc2ccc(Oc3ccc([N+](=O)[O-])cc3)cc2)CC1. The summed E-state index contributed by atoms with van der Waals surface area (Å²) < 4.78 is 5.74. The van der Waals surface area contributed by atoms with Crippen LogP contribution in [0.2, 0.25) is 0 Å². The number of rotatable bonds is 7. The van der Waals surface area contributed by atoms with Gasteiger partial charge >= 0.3 is 0 Å². The molecule has 0 unspecified atom stereocenters. The average molecular weight is 355 g/mol. The molecule has 1 heterocycles. The zero-order valence-electron chi connectivity index (χ0n) is 15.1. The smallest absolute Gasteiger partial charge is 0.269 e. The normalized spacial score (nSPS) is 15.7. The Morgan fingerprint density at radius 1 is 0.962 bits per heavy atom. The highest BCUT2D eigenvalue weighted by atomic mass is 16.6. The molecule has 6 nitrogen and oxygen atoms in total. The molecule has 3 rings (SSSR count). The van der Waals surface area contributed by atoms with Crippen LogP contribution in [0.5, 0.6) is 11.5 Å². The fraction of sp³-hybridized carbons (Fsp3) is 0.400. The van der Waals surface area contributed by atoms with Crippen molar-refractivity contribution in [1.82, 2.24) is 9.80 Å². The molecule has 0 amide bonds. The van der Waals surface area contributed by atoms with Gasteiger partial charge in [-0.2, -0.15) is 0 Å². The van der Waals surface area contributed by atoms with E-state index in [4.69, 9.17) is 4.74 Å². The third-order valence-corrected chi connectivity index (χ3v) is 4.74. The molecule has 26 heavy (non-hydrogen) atoms. The number of likely N-dealkylation sites (N-methyl/N-ethyl adjacent to an activating group) is 1. The summed E-state index contributed by atoms with van der Waals surface area (Å²) in [5, 5.41) is 10.7. The third-order valence-electron chi connectivity index (χ3n) is 4.74. The first-order valence-corrected chi connectivity index (χ1v) is 9.02. The number of hydrogen-bond acceptors (Lipinski definition) is 5. The van der Waals surface area contributed by atoms with Gasteiger partial charge in [0.1, 0.15) is 11.5 Å². The molecule has 0 bridgehead atoms. The van der Waals surface area contributed by atoms with Crippen molar-refractivity contribution in [3.8, 4) is 11.5 Å². The van der Waals surface area contributed by atoms with Gasteiger partial charge in [-0.1, -0.05) is 12.1 Å². The maximum absolute atomic E-state index is 10.7. The second-order valence-corrected chi connectivity index (χ2v) is 6.75. The first-order chi connectivity index (χ1) is 12.6. The summed E-state index contributed by atoms with van der Waals surface area (Å²) in [4.78, 5) is 15.2. The van der Waals surface area contributed by atoms with E-state index in [0.29, 0.717) is 5.75 Å². The van der Waals surface area contributed by atoms with Crippen LogP contribution in [0.15, 0.2) is 48.5 Å². The van der Waals surface area contributed by atoms with E-state index in [0.717, 1.165) is 38.2 Å². The van der Waals surface area contributed by atoms with Gasteiger partial charge in [-0.25, -0.2) is 0 Å². The van der Waals surface area contributed by atoms with Crippen molar-refractivity contribution in [3.05, 3.63) is 64.2 Å². The quantitative estimate of drug-likeness (QED) is 0.561. The highest BCUT2D eigenvalue weighted by Crippen LogP contribution is 2.24. The lowest BCUT2D eigenvalue weighted by molar-refractivity contribution is -0.384. The van der Waals surface area contributed by atoms with Gasteiger partial charge in [0.25, 0.3) is 5.69 Å². The standard InChI is InChI=1S/C20H25N3O3/c1-21-13-15-22(16-14-21)12-2-3-17-4-8-19(9-5-17)26-20-10-6-18(7-11-20)23(24)25/h4-11H,2-3,12-16H2,1H3. The zero-order chi connectivity index (χ0) is 18.4. The summed E-state index contributed by atoms with van der Waals surface area (Å²) in [7, 11) is 2.18. The first-order valence-electron chi connectivity index (χ1n) is 9.02. The lowest BCUT2D eigenvalue weighted by Crippen LogP contribution is -2.44. The van der Waals surface area contributed by atoms with E-state index in [1.165, 1.54) is 30.8 Å². The monoisotopic (exact) mass is 355 g/mol. The van der Waals surface area contributed by atoms with Gasteiger partial charge < -0.3 is 14.5 Å². The minimum absolute atomic E-state index is 0.0630. The second-order valence-electron chi connectivity index (χ2n) is 6.75. The summed E-state index contributed by atoms with van der Waals surface area (Å²) in [6.07, 6.45) is 2.22. The fourth-order valence-electron chi connectivity index (χ4n) is 3.07. The molecule has 2 aromatic rings. The summed E-state index contributed by atoms with van der Waals surface area (Å²) >= 11 is 0. The second kappa shape index (κ2) is 8.78. The molecule has 0 atom stereocenters. The highest BCUT2D eigenvalue weighted by Gasteiger charge is 2.12. The maximum atomic E-state index is 10.7. The number of nitro benzene ring substituents is 1. The molecule has 0 aromatic heterocycles. The van der Waals surface area contributed by atoms with Crippen LogP contribution < -0.4 is 4.74 Å². The fourth-order valence-corrected chi connectivity index (χ4v) is 3.07. The van der Waals surface area contributed by atoms with E-state index in [1.54, 1.807) is 12.1 Å². The number of nitrogens with zero attached hydrogens (tertiary/aromatic N) is 3. The predicted molar refractivity (Wildman–Crippen MR) is 102 cm³/mol. The van der Waals surface area contributed by atoms with Gasteiger partial charge in [0.15, 0.2) is 0 Å². The topological polar surface area (TPSA) is 58.8 Å². The lowest BCUT2D eigenvalue weighted by Gasteiger charge is -2.32. The van der Waals surface area contributed by atoms with Crippen molar-refractivity contribution in [1.29, 1.82) is 0 Å². The van der Waals surface area contributed by atoms with Crippen molar-refractivity contribution in [2.45, 2.75) is 12.8 Å². The van der Waals surface area contributed by atoms with Crippen LogP contribution in [0, 0.1) is 10.1 Å². The lowest BCUT2D eigenvalue weighted by atomic mass is 10.1. The van der Waals surface area contributed by atoms with Gasteiger partial charge in [0.2, 0.25) is 0 Å². The molecule has 1 aliphatic rings. The molecule has 0 aliphatic carbocycles. The summed E-state index contributed by atoms with van der Waals surface area (Å²) in [6, 6.07) is 14.2. The van der Waals surface area contributed by atoms with Gasteiger partial charge in [0, 0.05) is 38.3 Å². The molecule has 0 spiro atoms. The van der Waals surface area contributed by atoms with Crippen molar-refractivity contribution in [2.24, 2.45) is 0 Å². The van der Waals surface area contributed by atoms with E-state index in [-0.39, 0.29) is 5.69 Å². The molecule has 138 valence electrons. The van der Waals surface area contributed by atoms with Gasteiger partial charge in [-0.05, 0) is 56.3 Å². The number of nitro groups is 1. The van der Waals surface area contributed by atoms with Crippen LogP contribution in [-0.2, 0) is 6.42 Å². The van der Waals surface area contributed by atoms with Crippen LogP contribution >= 0.6 is 0 Å². The molecule has 0 radical (unpaired) electrons. The molecular formula is C20H25N3O3. The van der Waals surface area contributed by atoms with E-state index >= 15 is 0 Å². The zero-order valence-corrected chi connectivity index (χ0v) is 15.1. The van der Waals surface area contributed by atoms with Gasteiger partial charge in [0.05, 0.1) is 4.92 Å². The average Bonchev–Trinajstić information content (AvgIpc) is 2.65. The summed E-state index contributed by atoms with van der Waals surface area (Å²) in [5.41, 5.74) is 1.36. The van der Waals surface area contributed by atoms with Crippen molar-refractivity contribution < 1.29 is 9.66 Å². The summed E-state index contributed by atoms with van der Waals surface area (Å²) in [6.45, 7) is 5.80. The van der Waals surface area contributed by atoms with Crippen molar-refractivity contribution >= 4 is 5.69 Å². The number of ether oxygens (including phenoxy) is 1. The third kappa shape index (κ3) is 5.28. The molecule has 6 heteroatoms. The Balaban J connectivity index is 1.45. The van der Waals surface area contributed by atoms with E-state index in [9.17, 15) is 10.1 Å². The molecule has 2 aromatic carbocycles. The Hall–Kier alpha value is -2.44. The number of piperazine rings is 1. The van der Waals surface area contributed by atoms with Crippen molar-refractivity contribution in [2.75, 3.05) is 39.8 Å². The minimum atomic E-state index is -0.416.